The normalized spacial score (nSPS) is 21.8. The fourth-order valence-electron chi connectivity index (χ4n) is 16.7. The summed E-state index contributed by atoms with van der Waals surface area (Å²) in [5, 5.41) is 21.4. The van der Waals surface area contributed by atoms with Gasteiger partial charge in [0.15, 0.2) is 17.1 Å². The zero-order valence-electron chi connectivity index (χ0n) is 56.7. The minimum absolute atomic E-state index is 0.00938. The van der Waals surface area contributed by atoms with Crippen molar-refractivity contribution in [3.63, 3.8) is 0 Å². The number of rotatable bonds is 16. The van der Waals surface area contributed by atoms with E-state index in [4.69, 9.17) is 0 Å². The topological polar surface area (TPSA) is 208 Å². The molecule has 3 fully saturated rings. The Morgan fingerprint density at radius 1 is 0.500 bits per heavy atom. The number of benzene rings is 3. The number of sulfonamides is 1. The number of amides is 4. The van der Waals surface area contributed by atoms with Crippen LogP contribution < -0.4 is 0 Å². The molecular formula is C72H87F9N12O6S. The highest BCUT2D eigenvalue weighted by Crippen LogP contribution is 2.45. The number of fused-ring (bicyclic) bond motifs is 3. The van der Waals surface area contributed by atoms with Crippen LogP contribution in [0.3, 0.4) is 0 Å². The fraction of sp³-hybridized carbons (Fsp3) is 0.569. The molecule has 4 amide bonds. The molecule has 540 valence electrons. The largest absolute Gasteiger partial charge is 0.416 e. The first-order valence-electron chi connectivity index (χ1n) is 35.1. The van der Waals surface area contributed by atoms with Crippen molar-refractivity contribution in [1.29, 1.82) is 0 Å². The quantitative estimate of drug-likeness (QED) is 0.0781. The molecule has 0 radical (unpaired) electrons. The van der Waals surface area contributed by atoms with Gasteiger partial charge < -0.3 is 19.6 Å². The molecule has 3 aromatic carbocycles. The number of hydrogen-bond acceptors (Lipinski definition) is 10. The van der Waals surface area contributed by atoms with E-state index in [1.807, 2.05) is 20.8 Å². The van der Waals surface area contributed by atoms with Crippen LogP contribution in [0.4, 0.5) is 39.5 Å². The Labute approximate surface area is 576 Å². The molecule has 3 aromatic heterocycles. The molecule has 0 bridgehead atoms. The van der Waals surface area contributed by atoms with Crippen molar-refractivity contribution in [2.24, 2.45) is 11.8 Å². The highest BCUT2D eigenvalue weighted by atomic mass is 32.2. The number of H-pyrrole nitrogens is 3. The van der Waals surface area contributed by atoms with Crippen LogP contribution in [0.2, 0.25) is 0 Å². The number of hydrogen-bond donors (Lipinski definition) is 3. The van der Waals surface area contributed by atoms with Crippen molar-refractivity contribution in [2.75, 3.05) is 52.4 Å². The van der Waals surface area contributed by atoms with Gasteiger partial charge in [0, 0.05) is 118 Å². The highest BCUT2D eigenvalue weighted by molar-refractivity contribution is 7.89. The van der Waals surface area contributed by atoms with Crippen molar-refractivity contribution in [1.82, 2.24) is 59.4 Å². The van der Waals surface area contributed by atoms with Crippen LogP contribution in [0.1, 0.15) is 221 Å². The van der Waals surface area contributed by atoms with Crippen LogP contribution in [0, 0.1) is 11.8 Å². The Kier molecular flexibility index (Phi) is 21.2. The molecule has 12 rings (SSSR count). The van der Waals surface area contributed by atoms with E-state index in [1.54, 1.807) is 26.8 Å². The van der Waals surface area contributed by atoms with Crippen LogP contribution >= 0.6 is 0 Å². The number of carbonyl (C=O) groups is 4. The molecule has 18 nitrogen and oxygen atoms in total. The van der Waals surface area contributed by atoms with E-state index in [0.29, 0.717) is 99.1 Å². The lowest BCUT2D eigenvalue weighted by Gasteiger charge is -2.42. The van der Waals surface area contributed by atoms with Gasteiger partial charge in [0.25, 0.3) is 17.7 Å². The number of aromatic nitrogens is 6. The molecule has 6 atom stereocenters. The van der Waals surface area contributed by atoms with Gasteiger partial charge in [-0.15, -0.1) is 0 Å². The van der Waals surface area contributed by atoms with E-state index >= 15 is 18.0 Å². The lowest BCUT2D eigenvalue weighted by atomic mass is 9.80. The first-order valence-corrected chi connectivity index (χ1v) is 36.6. The van der Waals surface area contributed by atoms with Crippen LogP contribution in [0.15, 0.2) is 72.8 Å². The van der Waals surface area contributed by atoms with Gasteiger partial charge in [-0.05, 0) is 168 Å². The SMILES string of the molecule is CC(C)CC(=O)N1CCCc2[nH]nc(C(=O)N3CCC(c4ccccc4C(F)(F)F)CC3CC(C)CN3CCCc4[nH]nc(C(=O)N5CCC(c6ccccc6C(F)(F)F)CC5CC(C)S(=O)(=O)N5CCCc6[nH]nc(C(=O)N7CCC(c8ccccc8C(F)(F)F)CC7)c6C5)c4C3)c2C1. The number of nitrogens with zero attached hydrogens (tertiary/aromatic N) is 9. The summed E-state index contributed by atoms with van der Waals surface area (Å²) < 4.78 is 162. The van der Waals surface area contributed by atoms with E-state index < -0.39 is 92.1 Å². The van der Waals surface area contributed by atoms with E-state index in [1.165, 1.54) is 58.6 Å². The van der Waals surface area contributed by atoms with E-state index in [-0.39, 0.29) is 155 Å². The number of alkyl halides is 9. The minimum atomic E-state index is -4.71. The lowest BCUT2D eigenvalue weighted by Crippen LogP contribution is -2.49. The van der Waals surface area contributed by atoms with E-state index in [9.17, 15) is 49.1 Å². The monoisotopic (exact) mass is 1420 g/mol. The summed E-state index contributed by atoms with van der Waals surface area (Å²) in [6.07, 6.45) is -9.05. The summed E-state index contributed by atoms with van der Waals surface area (Å²) in [6, 6.07) is 14.8. The third-order valence-electron chi connectivity index (χ3n) is 21.6. The van der Waals surface area contributed by atoms with Gasteiger partial charge in [-0.25, -0.2) is 8.42 Å². The van der Waals surface area contributed by atoms with Gasteiger partial charge >= 0.3 is 18.5 Å². The average Bonchev–Trinajstić information content (AvgIpc) is 1.41. The molecule has 6 aromatic rings. The number of aryl methyl sites for hydroxylation is 3. The van der Waals surface area contributed by atoms with Crippen molar-refractivity contribution in [2.45, 2.75) is 197 Å². The molecule has 100 heavy (non-hydrogen) atoms. The summed E-state index contributed by atoms with van der Waals surface area (Å²) in [4.78, 5) is 67.0. The standard InChI is InChI=1S/C72H87F9N12O6S/c1-43(2)34-63(94)90-28-12-21-61-55(41-90)66(87-83-61)69(97)92-32-25-47(52-15-6-9-18-58(52)71(76,77)78)37-49(92)35-44(3)39-88-27-11-20-60-54(40-88)65(86-82-60)68(96)93-33-26-48(53-16-7-10-19-59(53)72(79,80)81)38-50(93)36-45(4)100(98,99)91-29-13-22-62-56(42-91)64(85-84-62)67(95)89-30-23-46(24-31-89)51-14-5-8-17-57(51)70(73,74)75/h5-10,14-19,43-50H,11-13,20-42H2,1-4H3,(H,82,86)(H,83,87)(H,84,85). The van der Waals surface area contributed by atoms with Crippen LogP contribution in [0.25, 0.3) is 0 Å². The number of aromatic amines is 3. The van der Waals surface area contributed by atoms with Gasteiger partial charge in [0.05, 0.1) is 21.9 Å². The molecule has 0 saturated carbocycles. The summed E-state index contributed by atoms with van der Waals surface area (Å²) >= 11 is 0. The number of carbonyl (C=O) groups excluding carboxylic acids is 4. The lowest BCUT2D eigenvalue weighted by molar-refractivity contribution is -0.139. The van der Waals surface area contributed by atoms with Gasteiger partial charge in [-0.2, -0.15) is 59.1 Å². The molecule has 28 heteroatoms. The zero-order valence-corrected chi connectivity index (χ0v) is 57.5. The van der Waals surface area contributed by atoms with Gasteiger partial charge in [-0.3, -0.25) is 39.4 Å². The van der Waals surface area contributed by atoms with Crippen LogP contribution in [-0.4, -0.2) is 161 Å². The number of likely N-dealkylation sites (tertiary alicyclic amines) is 3. The summed E-state index contributed by atoms with van der Waals surface area (Å²) in [6.45, 7) is 9.70. The number of nitrogens with one attached hydrogen (secondary N) is 3. The molecule has 3 saturated heterocycles. The summed E-state index contributed by atoms with van der Waals surface area (Å²) in [5.41, 5.74) is 2.09. The molecular weight excluding hydrogens is 1330 g/mol. The maximum atomic E-state index is 15.5. The van der Waals surface area contributed by atoms with E-state index in [0.717, 1.165) is 23.9 Å². The molecule has 6 aliphatic heterocycles. The maximum absolute atomic E-state index is 15.5. The third-order valence-corrected chi connectivity index (χ3v) is 23.9. The molecule has 3 N–H and O–H groups in total. The maximum Gasteiger partial charge on any atom is 0.416 e. The van der Waals surface area contributed by atoms with Gasteiger partial charge in [0.2, 0.25) is 15.9 Å². The van der Waals surface area contributed by atoms with E-state index in [2.05, 4.69) is 35.5 Å². The second-order valence-corrected chi connectivity index (χ2v) is 31.2. The Bertz CT molecular complexity index is 4060. The summed E-state index contributed by atoms with van der Waals surface area (Å²) in [5.74, 6) is -3.15. The molecule has 6 aliphatic rings. The highest BCUT2D eigenvalue weighted by Gasteiger charge is 2.46. The fourth-order valence-corrected chi connectivity index (χ4v) is 18.3. The number of piperidine rings is 3. The second-order valence-electron chi connectivity index (χ2n) is 28.9. The molecule has 0 spiro atoms. The predicted octanol–water partition coefficient (Wildman–Crippen LogP) is 13.1. The van der Waals surface area contributed by atoms with Crippen molar-refractivity contribution in [3.8, 4) is 0 Å². The molecule has 6 unspecified atom stereocenters. The Morgan fingerprint density at radius 3 is 1.41 bits per heavy atom. The van der Waals surface area contributed by atoms with Gasteiger partial charge in [0.1, 0.15) is 0 Å². The number of halogens is 9. The van der Waals surface area contributed by atoms with Crippen molar-refractivity contribution in [3.05, 3.63) is 157 Å². The predicted molar refractivity (Wildman–Crippen MR) is 354 cm³/mol. The second kappa shape index (κ2) is 29.4. The molecule has 0 aliphatic carbocycles. The van der Waals surface area contributed by atoms with Gasteiger partial charge in [-0.1, -0.05) is 75.4 Å². The average molecular weight is 1420 g/mol. The first-order chi connectivity index (χ1) is 47.5. The van der Waals surface area contributed by atoms with Crippen LogP contribution in [-0.2, 0) is 72.2 Å². The van der Waals surface area contributed by atoms with Crippen LogP contribution in [0.5, 0.6) is 0 Å². The smallest absolute Gasteiger partial charge is 0.338 e. The Balaban J connectivity index is 0.769. The minimum Gasteiger partial charge on any atom is -0.338 e. The van der Waals surface area contributed by atoms with Crippen molar-refractivity contribution >= 4 is 33.7 Å². The summed E-state index contributed by atoms with van der Waals surface area (Å²) in [7, 11) is -4.31. The zero-order chi connectivity index (χ0) is 71.2. The van der Waals surface area contributed by atoms with Crippen molar-refractivity contribution < 1.29 is 67.1 Å². The Hall–Kier alpha value is -7.59. The first kappa shape index (κ1) is 72.2. The molecule has 9 heterocycles. The Morgan fingerprint density at radius 2 is 0.920 bits per heavy atom. The third kappa shape index (κ3) is 15.4.